The van der Waals surface area contributed by atoms with Gasteiger partial charge in [-0.05, 0) is 44.6 Å². The van der Waals surface area contributed by atoms with Crippen LogP contribution in [0.25, 0.3) is 0 Å². The average Bonchev–Trinajstić information content (AvgIpc) is 2.50. The second kappa shape index (κ2) is 8.35. The fourth-order valence-corrected chi connectivity index (χ4v) is 3.04. The Morgan fingerprint density at radius 3 is 2.25 bits per heavy atom. The molecule has 1 heterocycles. The van der Waals surface area contributed by atoms with Crippen molar-refractivity contribution in [2.45, 2.75) is 20.4 Å². The number of piperazine rings is 1. The van der Waals surface area contributed by atoms with Crippen molar-refractivity contribution in [1.82, 2.24) is 14.7 Å². The van der Waals surface area contributed by atoms with Gasteiger partial charge in [-0.15, -0.1) is 0 Å². The molecule has 0 saturated carbocycles. The molecule has 0 bridgehead atoms. The first kappa shape index (κ1) is 18.5. The lowest BCUT2D eigenvalue weighted by Crippen LogP contribution is -2.47. The highest BCUT2D eigenvalue weighted by atomic mass is 16.5. The Bertz CT molecular complexity index is 544. The van der Waals surface area contributed by atoms with E-state index in [1.165, 1.54) is 10.5 Å². The van der Waals surface area contributed by atoms with Crippen LogP contribution >= 0.6 is 0 Å². The summed E-state index contributed by atoms with van der Waals surface area (Å²) in [5.41, 5.74) is 3.58. The van der Waals surface area contributed by atoms with Crippen molar-refractivity contribution < 1.29 is 14.6 Å². The summed E-state index contributed by atoms with van der Waals surface area (Å²) in [6, 6.07) is 4.36. The molecule has 2 rings (SSSR count). The van der Waals surface area contributed by atoms with Crippen molar-refractivity contribution in [3.8, 4) is 5.75 Å². The Hall–Kier alpha value is -1.79. The van der Waals surface area contributed by atoms with Gasteiger partial charge in [-0.2, -0.15) is 0 Å². The summed E-state index contributed by atoms with van der Waals surface area (Å²) in [4.78, 5) is 16.9. The third kappa shape index (κ3) is 5.11. The van der Waals surface area contributed by atoms with Crippen molar-refractivity contribution in [3.63, 3.8) is 0 Å². The molecule has 24 heavy (non-hydrogen) atoms. The summed E-state index contributed by atoms with van der Waals surface area (Å²) < 4.78 is 5.94. The predicted octanol–water partition coefficient (Wildman–Crippen LogP) is 2.04. The molecular weight excluding hydrogens is 306 g/mol. The van der Waals surface area contributed by atoms with Gasteiger partial charge in [0.05, 0.1) is 0 Å². The van der Waals surface area contributed by atoms with Gasteiger partial charge in [0.2, 0.25) is 0 Å². The Balaban J connectivity index is 1.94. The first-order valence-corrected chi connectivity index (χ1v) is 8.44. The van der Waals surface area contributed by atoms with E-state index in [1.54, 1.807) is 0 Å². The van der Waals surface area contributed by atoms with Crippen molar-refractivity contribution in [2.75, 3.05) is 53.4 Å². The highest BCUT2D eigenvalue weighted by Gasteiger charge is 2.20. The third-order valence-electron chi connectivity index (χ3n) is 4.35. The number of aryl methyl sites for hydroxylation is 2. The van der Waals surface area contributed by atoms with Gasteiger partial charge in [0.1, 0.15) is 12.4 Å². The highest BCUT2D eigenvalue weighted by Crippen LogP contribution is 2.25. The van der Waals surface area contributed by atoms with Gasteiger partial charge < -0.3 is 19.6 Å². The quantitative estimate of drug-likeness (QED) is 0.862. The lowest BCUT2D eigenvalue weighted by Gasteiger charge is -2.33. The molecule has 6 heteroatoms. The lowest BCUT2D eigenvalue weighted by atomic mass is 10.0. The van der Waals surface area contributed by atoms with Crippen LogP contribution in [0.3, 0.4) is 0 Å². The number of ether oxygens (including phenoxy) is 1. The van der Waals surface area contributed by atoms with Gasteiger partial charge in [-0.1, -0.05) is 12.1 Å². The van der Waals surface area contributed by atoms with Crippen molar-refractivity contribution in [2.24, 2.45) is 0 Å². The van der Waals surface area contributed by atoms with Crippen LogP contribution in [0, 0.1) is 13.8 Å². The number of hydrogen-bond donors (Lipinski definition) is 1. The SMILES string of the molecule is Cc1cc(CN2CCN(C(=O)O)CC2)cc(C)c1OCCN(C)C. The molecular formula is C18H29N3O3. The van der Waals surface area contributed by atoms with Crippen LogP contribution in [0.5, 0.6) is 5.75 Å². The summed E-state index contributed by atoms with van der Waals surface area (Å²) in [5, 5.41) is 9.01. The van der Waals surface area contributed by atoms with Gasteiger partial charge in [0.15, 0.2) is 0 Å². The van der Waals surface area contributed by atoms with Crippen molar-refractivity contribution >= 4 is 6.09 Å². The molecule has 0 aliphatic carbocycles. The molecule has 1 fully saturated rings. The van der Waals surface area contributed by atoms with E-state index in [4.69, 9.17) is 9.84 Å². The standard InChI is InChI=1S/C18H29N3O3/c1-14-11-16(12-15(2)17(14)24-10-9-19(3)4)13-20-5-7-21(8-6-20)18(22)23/h11-12H,5-10,13H2,1-4H3,(H,22,23). The molecule has 6 nitrogen and oxygen atoms in total. The normalized spacial score (nSPS) is 15.8. The van der Waals surface area contributed by atoms with Gasteiger partial charge in [-0.3, -0.25) is 4.90 Å². The molecule has 0 spiro atoms. The van der Waals surface area contributed by atoms with Crippen LogP contribution in [0.2, 0.25) is 0 Å². The zero-order chi connectivity index (χ0) is 17.7. The number of carboxylic acid groups (broad SMARTS) is 1. The monoisotopic (exact) mass is 335 g/mol. The topological polar surface area (TPSA) is 56.3 Å². The van der Waals surface area contributed by atoms with Crippen LogP contribution < -0.4 is 4.74 Å². The Kier molecular flexibility index (Phi) is 6.45. The summed E-state index contributed by atoms with van der Waals surface area (Å²) >= 11 is 0. The van der Waals surface area contributed by atoms with Gasteiger partial charge in [0, 0.05) is 39.3 Å². The second-order valence-electron chi connectivity index (χ2n) is 6.76. The number of benzene rings is 1. The van der Waals surface area contributed by atoms with E-state index in [2.05, 4.69) is 35.8 Å². The fourth-order valence-electron chi connectivity index (χ4n) is 3.04. The van der Waals surface area contributed by atoms with Gasteiger partial charge in [0.25, 0.3) is 0 Å². The molecule has 1 aromatic rings. The van der Waals surface area contributed by atoms with Crippen LogP contribution in [0.15, 0.2) is 12.1 Å². The molecule has 134 valence electrons. The van der Waals surface area contributed by atoms with E-state index in [0.717, 1.165) is 43.1 Å². The molecule has 1 aromatic carbocycles. The summed E-state index contributed by atoms with van der Waals surface area (Å²) in [6.07, 6.45) is -0.819. The van der Waals surface area contributed by atoms with E-state index in [1.807, 2.05) is 14.1 Å². The number of likely N-dealkylation sites (N-methyl/N-ethyl adjacent to an activating group) is 1. The minimum atomic E-state index is -0.819. The lowest BCUT2D eigenvalue weighted by molar-refractivity contribution is 0.103. The van der Waals surface area contributed by atoms with E-state index < -0.39 is 6.09 Å². The molecule has 0 atom stereocenters. The summed E-state index contributed by atoms with van der Waals surface area (Å²) in [5.74, 6) is 0.983. The fraction of sp³-hybridized carbons (Fsp3) is 0.611. The molecule has 1 aliphatic heterocycles. The number of carbonyl (C=O) groups is 1. The van der Waals surface area contributed by atoms with E-state index >= 15 is 0 Å². The zero-order valence-electron chi connectivity index (χ0n) is 15.2. The largest absolute Gasteiger partial charge is 0.492 e. The third-order valence-corrected chi connectivity index (χ3v) is 4.35. The van der Waals surface area contributed by atoms with E-state index in [-0.39, 0.29) is 0 Å². The summed E-state index contributed by atoms with van der Waals surface area (Å²) in [6.45, 7) is 9.34. The predicted molar refractivity (Wildman–Crippen MR) is 94.8 cm³/mol. The molecule has 1 saturated heterocycles. The Morgan fingerprint density at radius 1 is 1.17 bits per heavy atom. The second-order valence-corrected chi connectivity index (χ2v) is 6.76. The number of amides is 1. The maximum absolute atomic E-state index is 11.0. The van der Waals surface area contributed by atoms with Gasteiger partial charge >= 0.3 is 6.09 Å². The number of rotatable bonds is 6. The molecule has 1 N–H and O–H groups in total. The maximum Gasteiger partial charge on any atom is 0.407 e. The van der Waals surface area contributed by atoms with Crippen LogP contribution in [-0.2, 0) is 6.54 Å². The van der Waals surface area contributed by atoms with Crippen LogP contribution in [0.1, 0.15) is 16.7 Å². The molecule has 0 aromatic heterocycles. The van der Waals surface area contributed by atoms with Crippen molar-refractivity contribution in [1.29, 1.82) is 0 Å². The van der Waals surface area contributed by atoms with Gasteiger partial charge in [-0.25, -0.2) is 4.79 Å². The first-order valence-electron chi connectivity index (χ1n) is 8.44. The minimum absolute atomic E-state index is 0.582. The zero-order valence-corrected chi connectivity index (χ0v) is 15.2. The maximum atomic E-state index is 11.0. The van der Waals surface area contributed by atoms with Crippen molar-refractivity contribution in [3.05, 3.63) is 28.8 Å². The molecule has 1 amide bonds. The minimum Gasteiger partial charge on any atom is -0.492 e. The molecule has 0 unspecified atom stereocenters. The Morgan fingerprint density at radius 2 is 1.75 bits per heavy atom. The van der Waals surface area contributed by atoms with Crippen LogP contribution in [0.4, 0.5) is 4.79 Å². The van der Waals surface area contributed by atoms with E-state index in [0.29, 0.717) is 19.7 Å². The number of nitrogens with zero attached hydrogens (tertiary/aromatic N) is 3. The highest BCUT2D eigenvalue weighted by molar-refractivity contribution is 5.65. The van der Waals surface area contributed by atoms with E-state index in [9.17, 15) is 4.79 Å². The van der Waals surface area contributed by atoms with Crippen LogP contribution in [-0.4, -0.2) is 79.3 Å². The number of hydrogen-bond acceptors (Lipinski definition) is 4. The summed E-state index contributed by atoms with van der Waals surface area (Å²) in [7, 11) is 4.08. The smallest absolute Gasteiger partial charge is 0.407 e. The Labute approximate surface area is 144 Å². The molecule has 0 radical (unpaired) electrons. The first-order chi connectivity index (χ1) is 11.4. The molecule has 1 aliphatic rings. The average molecular weight is 335 g/mol.